The highest BCUT2D eigenvalue weighted by molar-refractivity contribution is 7.81. The molecule has 0 heterocycles. The lowest BCUT2D eigenvalue weighted by molar-refractivity contribution is 0.0977. The first kappa shape index (κ1) is 17.6. The Hall–Kier alpha value is -2.78. The van der Waals surface area contributed by atoms with Gasteiger partial charge in [-0.2, -0.15) is 8.42 Å². The molecule has 2 rings (SSSR count). The van der Waals surface area contributed by atoms with Crippen LogP contribution in [-0.2, 0) is 16.8 Å². The highest BCUT2D eigenvalue weighted by atomic mass is 32.3. The Bertz CT molecular complexity index is 833. The fourth-order valence-electron chi connectivity index (χ4n) is 2.10. The summed E-state index contributed by atoms with van der Waals surface area (Å²) in [7, 11) is -4.59. The van der Waals surface area contributed by atoms with E-state index in [1.807, 2.05) is 0 Å². The summed E-state index contributed by atoms with van der Waals surface area (Å²) in [5.41, 5.74) is 0.392. The second-order valence-electron chi connectivity index (χ2n) is 4.94. The van der Waals surface area contributed by atoms with Crippen molar-refractivity contribution >= 4 is 16.2 Å². The standard InChI is InChI=1S/C15H14O8S/c16-10-7-13(18)15(14(19)8-10)12(17)6-3-9-1-4-11(5-2-9)23-24(20,21)22/h1-2,4-5,7-8,16,18-19H,3,6H2,(H,20,21,22). The van der Waals surface area contributed by atoms with Crippen LogP contribution in [0.3, 0.4) is 0 Å². The second kappa shape index (κ2) is 6.77. The number of hydrogen-bond donors (Lipinski definition) is 4. The zero-order chi connectivity index (χ0) is 17.9. The van der Waals surface area contributed by atoms with Crippen molar-refractivity contribution in [2.75, 3.05) is 0 Å². The molecule has 0 saturated heterocycles. The monoisotopic (exact) mass is 354 g/mol. The maximum absolute atomic E-state index is 12.1. The molecule has 4 N–H and O–H groups in total. The van der Waals surface area contributed by atoms with Crippen LogP contribution in [0.5, 0.6) is 23.0 Å². The number of carbonyl (C=O) groups is 1. The van der Waals surface area contributed by atoms with E-state index in [0.29, 0.717) is 5.56 Å². The first-order valence-corrected chi connectivity index (χ1v) is 8.06. The van der Waals surface area contributed by atoms with Crippen LogP contribution in [0.2, 0.25) is 0 Å². The summed E-state index contributed by atoms with van der Waals surface area (Å²) in [4.78, 5) is 12.1. The van der Waals surface area contributed by atoms with Crippen LogP contribution in [-0.4, -0.2) is 34.1 Å². The quantitative estimate of drug-likeness (QED) is 0.454. The Kier molecular flexibility index (Phi) is 4.96. The molecular formula is C15H14O8S. The lowest BCUT2D eigenvalue weighted by atomic mass is 10.0. The number of benzene rings is 2. The molecule has 0 saturated carbocycles. The van der Waals surface area contributed by atoms with Gasteiger partial charge in [0, 0.05) is 18.6 Å². The number of Topliss-reactive ketones (excluding diaryl/α,β-unsaturated/α-hetero) is 1. The highest BCUT2D eigenvalue weighted by Crippen LogP contribution is 2.33. The zero-order valence-corrected chi connectivity index (χ0v) is 13.0. The van der Waals surface area contributed by atoms with E-state index in [1.54, 1.807) is 0 Å². The fraction of sp³-hybridized carbons (Fsp3) is 0.133. The third kappa shape index (κ3) is 4.61. The predicted molar refractivity (Wildman–Crippen MR) is 82.7 cm³/mol. The van der Waals surface area contributed by atoms with E-state index >= 15 is 0 Å². The van der Waals surface area contributed by atoms with Gasteiger partial charge in [0.15, 0.2) is 5.78 Å². The molecule has 0 bridgehead atoms. The first-order valence-electron chi connectivity index (χ1n) is 6.69. The number of hydrogen-bond acceptors (Lipinski definition) is 7. The smallest absolute Gasteiger partial charge is 0.446 e. The lowest BCUT2D eigenvalue weighted by Crippen LogP contribution is -2.06. The minimum absolute atomic E-state index is 0.0373. The zero-order valence-electron chi connectivity index (χ0n) is 12.2. The number of phenols is 3. The third-order valence-electron chi connectivity index (χ3n) is 3.13. The highest BCUT2D eigenvalue weighted by Gasteiger charge is 2.17. The van der Waals surface area contributed by atoms with Gasteiger partial charge < -0.3 is 19.5 Å². The van der Waals surface area contributed by atoms with Crippen LogP contribution in [0.15, 0.2) is 36.4 Å². The first-order chi connectivity index (χ1) is 11.2. The SMILES string of the molecule is O=C(CCc1ccc(OS(=O)(=O)O)cc1)c1c(O)cc(O)cc1O. The van der Waals surface area contributed by atoms with Crippen molar-refractivity contribution in [3.63, 3.8) is 0 Å². The van der Waals surface area contributed by atoms with E-state index in [0.717, 1.165) is 12.1 Å². The van der Waals surface area contributed by atoms with Gasteiger partial charge in [-0.15, -0.1) is 0 Å². The Morgan fingerprint density at radius 3 is 2.04 bits per heavy atom. The largest absolute Gasteiger partial charge is 0.508 e. The van der Waals surface area contributed by atoms with Crippen LogP contribution in [0, 0.1) is 0 Å². The average molecular weight is 354 g/mol. The van der Waals surface area contributed by atoms with E-state index in [4.69, 9.17) is 4.55 Å². The molecule has 0 atom stereocenters. The normalized spacial score (nSPS) is 11.2. The molecule has 8 nitrogen and oxygen atoms in total. The van der Waals surface area contributed by atoms with Crippen molar-refractivity contribution in [1.82, 2.24) is 0 Å². The third-order valence-corrected chi connectivity index (χ3v) is 3.53. The van der Waals surface area contributed by atoms with Gasteiger partial charge in [-0.25, -0.2) is 0 Å². The lowest BCUT2D eigenvalue weighted by Gasteiger charge is -2.08. The van der Waals surface area contributed by atoms with Gasteiger partial charge in [0.05, 0.1) is 0 Å². The van der Waals surface area contributed by atoms with Crippen molar-refractivity contribution in [3.05, 3.63) is 47.5 Å². The van der Waals surface area contributed by atoms with Crippen molar-refractivity contribution in [1.29, 1.82) is 0 Å². The van der Waals surface area contributed by atoms with E-state index in [9.17, 15) is 28.5 Å². The summed E-state index contributed by atoms with van der Waals surface area (Å²) in [5, 5.41) is 28.5. The molecule has 0 aliphatic rings. The van der Waals surface area contributed by atoms with Crippen molar-refractivity contribution in [2.45, 2.75) is 12.8 Å². The second-order valence-corrected chi connectivity index (χ2v) is 5.96. The molecule has 2 aromatic carbocycles. The van der Waals surface area contributed by atoms with Crippen molar-refractivity contribution < 1.29 is 37.3 Å². The molecule has 0 aliphatic heterocycles. The summed E-state index contributed by atoms with van der Waals surface area (Å²) in [6.07, 6.45) is 0.217. The molecule has 0 radical (unpaired) electrons. The van der Waals surface area contributed by atoms with Crippen LogP contribution >= 0.6 is 0 Å². The minimum Gasteiger partial charge on any atom is -0.508 e. The van der Waals surface area contributed by atoms with Gasteiger partial charge in [-0.1, -0.05) is 12.1 Å². The summed E-state index contributed by atoms with van der Waals surface area (Å²) in [6, 6.07) is 7.53. The molecule has 2 aromatic rings. The van der Waals surface area contributed by atoms with Crippen LogP contribution in [0.25, 0.3) is 0 Å². The van der Waals surface area contributed by atoms with Gasteiger partial charge in [0.1, 0.15) is 28.6 Å². The molecular weight excluding hydrogens is 340 g/mol. The molecule has 0 unspecified atom stereocenters. The van der Waals surface area contributed by atoms with Gasteiger partial charge >= 0.3 is 10.4 Å². The maximum atomic E-state index is 12.1. The van der Waals surface area contributed by atoms with Gasteiger partial charge in [-0.05, 0) is 24.1 Å². The molecule has 128 valence electrons. The molecule has 0 aromatic heterocycles. The van der Waals surface area contributed by atoms with Crippen molar-refractivity contribution in [3.8, 4) is 23.0 Å². The fourth-order valence-corrected chi connectivity index (χ4v) is 2.45. The van der Waals surface area contributed by atoms with E-state index < -0.39 is 27.7 Å². The van der Waals surface area contributed by atoms with Gasteiger partial charge in [0.25, 0.3) is 0 Å². The Morgan fingerprint density at radius 2 is 1.54 bits per heavy atom. The number of phenolic OH excluding ortho intramolecular Hbond substituents is 3. The molecule has 0 spiro atoms. The number of rotatable bonds is 6. The van der Waals surface area contributed by atoms with Crippen LogP contribution < -0.4 is 4.18 Å². The van der Waals surface area contributed by atoms with Crippen LogP contribution in [0.4, 0.5) is 0 Å². The number of aromatic hydroxyl groups is 3. The van der Waals surface area contributed by atoms with E-state index in [-0.39, 0.29) is 29.9 Å². The Balaban J connectivity index is 2.05. The van der Waals surface area contributed by atoms with Gasteiger partial charge in [-0.3, -0.25) is 9.35 Å². The summed E-state index contributed by atoms with van der Waals surface area (Å²) < 4.78 is 34.0. The topological polar surface area (TPSA) is 141 Å². The van der Waals surface area contributed by atoms with Crippen LogP contribution in [0.1, 0.15) is 22.3 Å². The number of ketones is 1. The molecule has 9 heteroatoms. The Morgan fingerprint density at radius 1 is 1.00 bits per heavy atom. The van der Waals surface area contributed by atoms with E-state index in [1.165, 1.54) is 24.3 Å². The molecule has 24 heavy (non-hydrogen) atoms. The summed E-state index contributed by atoms with van der Waals surface area (Å²) in [5.74, 6) is -2.01. The summed E-state index contributed by atoms with van der Waals surface area (Å²) in [6.45, 7) is 0. The number of carbonyl (C=O) groups excluding carboxylic acids is 1. The van der Waals surface area contributed by atoms with Gasteiger partial charge in [0.2, 0.25) is 0 Å². The maximum Gasteiger partial charge on any atom is 0.446 e. The van der Waals surface area contributed by atoms with Crippen molar-refractivity contribution in [2.24, 2.45) is 0 Å². The number of aryl methyl sites for hydroxylation is 1. The Labute approximate surface area is 137 Å². The summed E-state index contributed by atoms with van der Waals surface area (Å²) >= 11 is 0. The minimum atomic E-state index is -4.59. The molecule has 0 amide bonds. The van der Waals surface area contributed by atoms with E-state index in [2.05, 4.69) is 4.18 Å². The molecule has 0 aliphatic carbocycles. The molecule has 0 fully saturated rings. The predicted octanol–water partition coefficient (Wildman–Crippen LogP) is 1.80. The average Bonchev–Trinajstić information content (AvgIpc) is 2.43.